The van der Waals surface area contributed by atoms with Crippen molar-refractivity contribution in [2.24, 2.45) is 5.92 Å². The number of anilines is 2. The van der Waals surface area contributed by atoms with Gasteiger partial charge in [-0.1, -0.05) is 13.8 Å². The second kappa shape index (κ2) is 9.30. The van der Waals surface area contributed by atoms with E-state index >= 15 is 0 Å². The van der Waals surface area contributed by atoms with Crippen LogP contribution in [0.5, 0.6) is 0 Å². The molecule has 3 N–H and O–H groups in total. The van der Waals surface area contributed by atoms with Crippen LogP contribution in [0.3, 0.4) is 0 Å². The Morgan fingerprint density at radius 3 is 2.76 bits per heavy atom. The molecular formula is C16H29N5O3S. The van der Waals surface area contributed by atoms with Crippen LogP contribution in [-0.4, -0.2) is 56.5 Å². The van der Waals surface area contributed by atoms with Crippen LogP contribution >= 0.6 is 0 Å². The molecule has 0 aliphatic carbocycles. The Hall–Kier alpha value is -1.45. The van der Waals surface area contributed by atoms with E-state index in [2.05, 4.69) is 39.2 Å². The standard InChI is InChI=1S/C16H29N5O3S/c1-12(2)16-13(6-4-9-24-16)21-15-10-14(18-11-19-15)17-7-5-8-20-25(3,22)23/h10-13,16,20H,4-9H2,1-3H3,(H2,17,18,19,21)/t13-,16-/m1/s1. The molecule has 2 atom stereocenters. The van der Waals surface area contributed by atoms with Gasteiger partial charge in [-0.3, -0.25) is 0 Å². The molecule has 0 saturated carbocycles. The number of nitrogens with one attached hydrogen (secondary N) is 3. The quantitative estimate of drug-likeness (QED) is 0.564. The Morgan fingerprint density at radius 2 is 2.04 bits per heavy atom. The second-order valence-electron chi connectivity index (χ2n) is 6.71. The fraction of sp³-hybridized carbons (Fsp3) is 0.750. The van der Waals surface area contributed by atoms with Gasteiger partial charge in [0, 0.05) is 25.8 Å². The van der Waals surface area contributed by atoms with Crippen molar-refractivity contribution in [2.75, 3.05) is 36.6 Å². The van der Waals surface area contributed by atoms with Gasteiger partial charge in [0.05, 0.1) is 18.4 Å². The molecule has 142 valence electrons. The molecule has 0 amide bonds. The van der Waals surface area contributed by atoms with E-state index < -0.39 is 10.0 Å². The lowest BCUT2D eigenvalue weighted by Crippen LogP contribution is -2.43. The molecule has 2 heterocycles. The summed E-state index contributed by atoms with van der Waals surface area (Å²) in [5.41, 5.74) is 0. The fourth-order valence-corrected chi connectivity index (χ4v) is 3.41. The van der Waals surface area contributed by atoms with Gasteiger partial charge in [-0.25, -0.2) is 23.1 Å². The Morgan fingerprint density at radius 1 is 1.28 bits per heavy atom. The average Bonchev–Trinajstić information content (AvgIpc) is 2.54. The van der Waals surface area contributed by atoms with Gasteiger partial charge < -0.3 is 15.4 Å². The highest BCUT2D eigenvalue weighted by molar-refractivity contribution is 7.88. The maximum atomic E-state index is 11.0. The van der Waals surface area contributed by atoms with Crippen molar-refractivity contribution in [1.29, 1.82) is 0 Å². The van der Waals surface area contributed by atoms with Crippen molar-refractivity contribution in [3.05, 3.63) is 12.4 Å². The molecule has 1 aromatic rings. The van der Waals surface area contributed by atoms with Gasteiger partial charge in [0.2, 0.25) is 10.0 Å². The summed E-state index contributed by atoms with van der Waals surface area (Å²) in [6.07, 6.45) is 5.64. The van der Waals surface area contributed by atoms with E-state index in [4.69, 9.17) is 4.74 Å². The molecule has 0 bridgehead atoms. The van der Waals surface area contributed by atoms with Crippen molar-refractivity contribution in [3.8, 4) is 0 Å². The van der Waals surface area contributed by atoms with E-state index in [9.17, 15) is 8.42 Å². The second-order valence-corrected chi connectivity index (χ2v) is 8.54. The lowest BCUT2D eigenvalue weighted by Gasteiger charge is -2.35. The van der Waals surface area contributed by atoms with Crippen LogP contribution in [0.15, 0.2) is 12.4 Å². The minimum absolute atomic E-state index is 0.183. The Bertz CT molecular complexity index is 638. The number of nitrogens with zero attached hydrogens (tertiary/aromatic N) is 2. The number of ether oxygens (including phenoxy) is 1. The monoisotopic (exact) mass is 371 g/mol. The first-order valence-electron chi connectivity index (χ1n) is 8.74. The van der Waals surface area contributed by atoms with Gasteiger partial charge in [0.25, 0.3) is 0 Å². The third-order valence-corrected chi connectivity index (χ3v) is 4.78. The zero-order valence-corrected chi connectivity index (χ0v) is 16.0. The maximum Gasteiger partial charge on any atom is 0.208 e. The third-order valence-electron chi connectivity index (χ3n) is 4.05. The van der Waals surface area contributed by atoms with Crippen LogP contribution < -0.4 is 15.4 Å². The molecular weight excluding hydrogens is 342 g/mol. The minimum Gasteiger partial charge on any atom is -0.376 e. The molecule has 9 heteroatoms. The van der Waals surface area contributed by atoms with E-state index in [1.54, 1.807) is 0 Å². The summed E-state index contributed by atoms with van der Waals surface area (Å²) >= 11 is 0. The molecule has 8 nitrogen and oxygen atoms in total. The SMILES string of the molecule is CC(C)[C@H]1OCCC[C@H]1Nc1cc(NCCCNS(C)(=O)=O)ncn1. The Kier molecular flexibility index (Phi) is 7.39. The highest BCUT2D eigenvalue weighted by Crippen LogP contribution is 2.23. The summed E-state index contributed by atoms with van der Waals surface area (Å²) in [5.74, 6) is 1.93. The number of hydrogen-bond acceptors (Lipinski definition) is 7. The molecule has 2 rings (SSSR count). The predicted octanol–water partition coefficient (Wildman–Crippen LogP) is 1.44. The number of sulfonamides is 1. The van der Waals surface area contributed by atoms with E-state index in [0.717, 1.165) is 37.3 Å². The van der Waals surface area contributed by atoms with Crippen molar-refractivity contribution < 1.29 is 13.2 Å². The normalized spacial score (nSPS) is 21.3. The van der Waals surface area contributed by atoms with Crippen molar-refractivity contribution in [2.45, 2.75) is 45.3 Å². The largest absolute Gasteiger partial charge is 0.376 e. The summed E-state index contributed by atoms with van der Waals surface area (Å²) in [6, 6.07) is 2.12. The van der Waals surface area contributed by atoms with Gasteiger partial charge in [-0.05, 0) is 25.2 Å². The zero-order valence-electron chi connectivity index (χ0n) is 15.2. The average molecular weight is 372 g/mol. The third kappa shape index (κ3) is 7.13. The lowest BCUT2D eigenvalue weighted by atomic mass is 9.94. The van der Waals surface area contributed by atoms with Crippen LogP contribution in [-0.2, 0) is 14.8 Å². The smallest absolute Gasteiger partial charge is 0.208 e. The summed E-state index contributed by atoms with van der Waals surface area (Å²) in [7, 11) is -3.13. The molecule has 0 unspecified atom stereocenters. The van der Waals surface area contributed by atoms with Crippen LogP contribution in [0, 0.1) is 5.92 Å². The first-order valence-corrected chi connectivity index (χ1v) is 10.6. The highest BCUT2D eigenvalue weighted by atomic mass is 32.2. The van der Waals surface area contributed by atoms with E-state index in [-0.39, 0.29) is 12.1 Å². The molecule has 1 aromatic heterocycles. The van der Waals surface area contributed by atoms with Gasteiger partial charge in [-0.2, -0.15) is 0 Å². The Balaban J connectivity index is 1.84. The fourth-order valence-electron chi connectivity index (χ4n) is 2.90. The summed E-state index contributed by atoms with van der Waals surface area (Å²) in [5, 5.41) is 6.65. The number of rotatable bonds is 9. The highest BCUT2D eigenvalue weighted by Gasteiger charge is 2.28. The zero-order chi connectivity index (χ0) is 18.3. The summed E-state index contributed by atoms with van der Waals surface area (Å²) in [4.78, 5) is 8.50. The summed E-state index contributed by atoms with van der Waals surface area (Å²) < 4.78 is 30.4. The summed E-state index contributed by atoms with van der Waals surface area (Å²) in [6.45, 7) is 6.18. The molecule has 1 aliphatic heterocycles. The van der Waals surface area contributed by atoms with Crippen LogP contribution in [0.2, 0.25) is 0 Å². The predicted molar refractivity (Wildman–Crippen MR) is 99.2 cm³/mol. The first-order chi connectivity index (χ1) is 11.8. The van der Waals surface area contributed by atoms with Crippen LogP contribution in [0.1, 0.15) is 33.1 Å². The molecule has 0 radical (unpaired) electrons. The molecule has 1 fully saturated rings. The van der Waals surface area contributed by atoms with Crippen molar-refractivity contribution in [3.63, 3.8) is 0 Å². The molecule has 0 spiro atoms. The minimum atomic E-state index is -3.13. The molecule has 25 heavy (non-hydrogen) atoms. The van der Waals surface area contributed by atoms with Gasteiger partial charge in [-0.15, -0.1) is 0 Å². The van der Waals surface area contributed by atoms with Gasteiger partial charge in [0.15, 0.2) is 0 Å². The van der Waals surface area contributed by atoms with Crippen LogP contribution in [0.4, 0.5) is 11.6 Å². The number of hydrogen-bond donors (Lipinski definition) is 3. The van der Waals surface area contributed by atoms with Crippen molar-refractivity contribution >= 4 is 21.7 Å². The molecule has 1 saturated heterocycles. The van der Waals surface area contributed by atoms with Crippen molar-refractivity contribution in [1.82, 2.24) is 14.7 Å². The first kappa shape index (κ1) is 19.9. The Labute approximate surface area is 150 Å². The molecule has 0 aromatic carbocycles. The van der Waals surface area contributed by atoms with Gasteiger partial charge in [0.1, 0.15) is 18.0 Å². The lowest BCUT2D eigenvalue weighted by molar-refractivity contribution is -0.0203. The van der Waals surface area contributed by atoms with E-state index in [1.165, 1.54) is 6.33 Å². The topological polar surface area (TPSA) is 105 Å². The van der Waals surface area contributed by atoms with Crippen LogP contribution in [0.25, 0.3) is 0 Å². The molecule has 1 aliphatic rings. The maximum absolute atomic E-state index is 11.0. The van der Waals surface area contributed by atoms with E-state index in [0.29, 0.717) is 25.4 Å². The van der Waals surface area contributed by atoms with Gasteiger partial charge >= 0.3 is 0 Å². The number of aromatic nitrogens is 2. The van der Waals surface area contributed by atoms with E-state index in [1.807, 2.05) is 6.07 Å².